The van der Waals surface area contributed by atoms with E-state index in [2.05, 4.69) is 10.6 Å². The Morgan fingerprint density at radius 1 is 0.735 bits per heavy atom. The Labute approximate surface area is 200 Å². The topological polar surface area (TPSA) is 123 Å². The highest BCUT2D eigenvalue weighted by atomic mass is 16.6. The molecular weight excluding hydrogens is 436 g/mol. The van der Waals surface area contributed by atoms with E-state index in [1.165, 1.54) is 0 Å². The molecule has 0 spiro atoms. The van der Waals surface area contributed by atoms with Crippen LogP contribution in [0.5, 0.6) is 0 Å². The van der Waals surface area contributed by atoms with E-state index < -0.39 is 12.2 Å². The van der Waals surface area contributed by atoms with E-state index in [1.807, 2.05) is 60.7 Å². The Bertz CT molecular complexity index is 864. The van der Waals surface area contributed by atoms with Gasteiger partial charge in [-0.3, -0.25) is 4.79 Å². The fourth-order valence-corrected chi connectivity index (χ4v) is 3.07. The Morgan fingerprint density at radius 3 is 1.91 bits per heavy atom. The SMILES string of the molecule is NCC(=O)NCCCN(CCCCNC(=O)OCc1ccccc1)C(=O)OCc1ccccc1. The number of carbonyl (C=O) groups excluding carboxylic acids is 3. The van der Waals surface area contributed by atoms with Gasteiger partial charge in [-0.1, -0.05) is 60.7 Å². The van der Waals surface area contributed by atoms with Crippen molar-refractivity contribution in [3.8, 4) is 0 Å². The number of hydrogen-bond donors (Lipinski definition) is 3. The number of benzene rings is 2. The molecule has 34 heavy (non-hydrogen) atoms. The van der Waals surface area contributed by atoms with Crippen LogP contribution in [0.15, 0.2) is 60.7 Å². The van der Waals surface area contributed by atoms with Gasteiger partial charge < -0.3 is 30.7 Å². The van der Waals surface area contributed by atoms with E-state index in [0.717, 1.165) is 11.1 Å². The lowest BCUT2D eigenvalue weighted by Crippen LogP contribution is -2.37. The molecule has 0 saturated carbocycles. The van der Waals surface area contributed by atoms with Crippen LogP contribution in [0, 0.1) is 0 Å². The van der Waals surface area contributed by atoms with E-state index in [4.69, 9.17) is 15.2 Å². The average Bonchev–Trinajstić information content (AvgIpc) is 2.88. The first-order valence-electron chi connectivity index (χ1n) is 11.5. The van der Waals surface area contributed by atoms with Gasteiger partial charge in [-0.2, -0.15) is 0 Å². The second-order valence-electron chi connectivity index (χ2n) is 7.63. The summed E-state index contributed by atoms with van der Waals surface area (Å²) in [5, 5.41) is 5.41. The molecule has 9 heteroatoms. The number of ether oxygens (including phenoxy) is 2. The molecule has 0 heterocycles. The third kappa shape index (κ3) is 11.3. The summed E-state index contributed by atoms with van der Waals surface area (Å²) in [5.41, 5.74) is 7.11. The molecule has 0 aliphatic carbocycles. The average molecular weight is 471 g/mol. The third-order valence-corrected chi connectivity index (χ3v) is 4.91. The normalized spacial score (nSPS) is 10.3. The number of nitrogens with zero attached hydrogens (tertiary/aromatic N) is 1. The smallest absolute Gasteiger partial charge is 0.410 e. The zero-order valence-electron chi connectivity index (χ0n) is 19.4. The molecule has 0 aliphatic heterocycles. The molecule has 0 fully saturated rings. The van der Waals surface area contributed by atoms with Gasteiger partial charge in [-0.25, -0.2) is 9.59 Å². The highest BCUT2D eigenvalue weighted by Crippen LogP contribution is 2.06. The Hall–Kier alpha value is -3.59. The number of nitrogens with one attached hydrogen (secondary N) is 2. The first kappa shape index (κ1) is 26.7. The van der Waals surface area contributed by atoms with Crippen molar-refractivity contribution in [2.24, 2.45) is 5.73 Å². The summed E-state index contributed by atoms with van der Waals surface area (Å²) < 4.78 is 10.6. The minimum absolute atomic E-state index is 0.0659. The molecular formula is C25H34N4O5. The molecule has 2 aromatic rings. The molecule has 2 aromatic carbocycles. The van der Waals surface area contributed by atoms with Crippen molar-refractivity contribution < 1.29 is 23.9 Å². The standard InChI is InChI=1S/C25H34N4O5/c26-18-23(30)27-15-9-17-29(25(32)34-20-22-12-5-2-6-13-22)16-8-7-14-28-24(31)33-19-21-10-3-1-4-11-21/h1-6,10-13H,7-9,14-20,26H2,(H,27,30)(H,28,31). The van der Waals surface area contributed by atoms with Crippen molar-refractivity contribution in [2.75, 3.05) is 32.7 Å². The summed E-state index contributed by atoms with van der Waals surface area (Å²) >= 11 is 0. The lowest BCUT2D eigenvalue weighted by Gasteiger charge is -2.22. The highest BCUT2D eigenvalue weighted by molar-refractivity contribution is 5.77. The van der Waals surface area contributed by atoms with Crippen molar-refractivity contribution in [2.45, 2.75) is 32.5 Å². The number of rotatable bonds is 14. The summed E-state index contributed by atoms with van der Waals surface area (Å²) in [7, 11) is 0. The van der Waals surface area contributed by atoms with E-state index in [9.17, 15) is 14.4 Å². The van der Waals surface area contributed by atoms with Gasteiger partial charge in [0.2, 0.25) is 5.91 Å². The van der Waals surface area contributed by atoms with E-state index >= 15 is 0 Å². The van der Waals surface area contributed by atoms with Gasteiger partial charge in [0.25, 0.3) is 0 Å². The van der Waals surface area contributed by atoms with Crippen molar-refractivity contribution in [1.29, 1.82) is 0 Å². The fraction of sp³-hybridized carbons (Fsp3) is 0.400. The summed E-state index contributed by atoms with van der Waals surface area (Å²) in [5.74, 6) is -0.233. The van der Waals surface area contributed by atoms with Gasteiger partial charge >= 0.3 is 12.2 Å². The third-order valence-electron chi connectivity index (χ3n) is 4.91. The van der Waals surface area contributed by atoms with Gasteiger partial charge in [0.1, 0.15) is 13.2 Å². The quantitative estimate of drug-likeness (QED) is 0.365. The molecule has 0 bridgehead atoms. The van der Waals surface area contributed by atoms with Gasteiger partial charge in [0, 0.05) is 26.2 Å². The zero-order chi connectivity index (χ0) is 24.4. The number of hydrogen-bond acceptors (Lipinski definition) is 6. The van der Waals surface area contributed by atoms with E-state index in [0.29, 0.717) is 45.4 Å². The number of carbonyl (C=O) groups is 3. The fourth-order valence-electron chi connectivity index (χ4n) is 3.07. The molecule has 4 N–H and O–H groups in total. The van der Waals surface area contributed by atoms with Crippen molar-refractivity contribution in [3.63, 3.8) is 0 Å². The number of nitrogens with two attached hydrogens (primary N) is 1. The van der Waals surface area contributed by atoms with Crippen LogP contribution in [0.1, 0.15) is 30.4 Å². The number of unbranched alkanes of at least 4 members (excludes halogenated alkanes) is 1. The number of alkyl carbamates (subject to hydrolysis) is 1. The largest absolute Gasteiger partial charge is 0.445 e. The molecule has 184 valence electrons. The lowest BCUT2D eigenvalue weighted by atomic mass is 10.2. The summed E-state index contributed by atoms with van der Waals surface area (Å²) in [6, 6.07) is 18.9. The predicted octanol–water partition coefficient (Wildman–Crippen LogP) is 2.80. The van der Waals surface area contributed by atoms with Gasteiger partial charge in [-0.05, 0) is 30.4 Å². The van der Waals surface area contributed by atoms with E-state index in [1.54, 1.807) is 4.90 Å². The number of amides is 3. The first-order chi connectivity index (χ1) is 16.6. The molecule has 0 saturated heterocycles. The molecule has 0 radical (unpaired) electrons. The highest BCUT2D eigenvalue weighted by Gasteiger charge is 2.15. The summed E-state index contributed by atoms with van der Waals surface area (Å²) in [6.45, 7) is 2.11. The monoisotopic (exact) mass is 470 g/mol. The molecule has 0 unspecified atom stereocenters. The molecule has 0 atom stereocenters. The van der Waals surface area contributed by atoms with Crippen LogP contribution in [0.25, 0.3) is 0 Å². The van der Waals surface area contributed by atoms with Crippen molar-refractivity contribution in [3.05, 3.63) is 71.8 Å². The maximum atomic E-state index is 12.6. The van der Waals surface area contributed by atoms with Crippen molar-refractivity contribution >= 4 is 18.1 Å². The molecule has 2 rings (SSSR count). The zero-order valence-corrected chi connectivity index (χ0v) is 19.4. The summed E-state index contributed by atoms with van der Waals surface area (Å²) in [4.78, 5) is 37.3. The minimum Gasteiger partial charge on any atom is -0.445 e. The maximum Gasteiger partial charge on any atom is 0.410 e. The van der Waals surface area contributed by atoms with Crippen LogP contribution in [0.2, 0.25) is 0 Å². The Kier molecular flexibility index (Phi) is 12.6. The van der Waals surface area contributed by atoms with Gasteiger partial charge in [0.05, 0.1) is 6.54 Å². The minimum atomic E-state index is -0.473. The van der Waals surface area contributed by atoms with E-state index in [-0.39, 0.29) is 25.7 Å². The van der Waals surface area contributed by atoms with Crippen molar-refractivity contribution in [1.82, 2.24) is 15.5 Å². The second kappa shape index (κ2) is 16.1. The first-order valence-corrected chi connectivity index (χ1v) is 11.5. The molecule has 3 amide bonds. The van der Waals surface area contributed by atoms with Crippen LogP contribution >= 0.6 is 0 Å². The van der Waals surface area contributed by atoms with Crippen LogP contribution in [0.4, 0.5) is 9.59 Å². The molecule has 0 aromatic heterocycles. The molecule has 0 aliphatic rings. The van der Waals surface area contributed by atoms with Crippen LogP contribution in [-0.2, 0) is 27.5 Å². The lowest BCUT2D eigenvalue weighted by molar-refractivity contribution is -0.119. The summed E-state index contributed by atoms with van der Waals surface area (Å²) in [6.07, 6.45) is 1.04. The Morgan fingerprint density at radius 2 is 1.29 bits per heavy atom. The predicted molar refractivity (Wildman–Crippen MR) is 129 cm³/mol. The maximum absolute atomic E-state index is 12.6. The van der Waals surface area contributed by atoms with Crippen LogP contribution in [0.3, 0.4) is 0 Å². The Balaban J connectivity index is 1.69. The van der Waals surface area contributed by atoms with Crippen LogP contribution in [-0.4, -0.2) is 55.7 Å². The second-order valence-corrected chi connectivity index (χ2v) is 7.63. The van der Waals surface area contributed by atoms with Gasteiger partial charge in [0.15, 0.2) is 0 Å². The van der Waals surface area contributed by atoms with Crippen LogP contribution < -0.4 is 16.4 Å². The molecule has 9 nitrogen and oxygen atoms in total. The van der Waals surface area contributed by atoms with Gasteiger partial charge in [-0.15, -0.1) is 0 Å².